The predicted octanol–water partition coefficient (Wildman–Crippen LogP) is 5.07. The van der Waals surface area contributed by atoms with Gasteiger partial charge in [0, 0.05) is 23.4 Å². The van der Waals surface area contributed by atoms with Crippen molar-refractivity contribution in [2.24, 2.45) is 0 Å². The molecule has 3 nitrogen and oxygen atoms in total. The van der Waals surface area contributed by atoms with E-state index in [2.05, 4.69) is 49.5 Å². The highest BCUT2D eigenvalue weighted by atomic mass is 16.2. The summed E-state index contributed by atoms with van der Waals surface area (Å²) < 4.78 is 0. The Hall–Kier alpha value is -3.07. The first-order valence-corrected chi connectivity index (χ1v) is 8.91. The first-order valence-electron chi connectivity index (χ1n) is 8.91. The third kappa shape index (κ3) is 2.97. The van der Waals surface area contributed by atoms with E-state index in [9.17, 15) is 4.79 Å². The molecule has 1 atom stereocenters. The maximum Gasteiger partial charge on any atom is 0.256 e. The van der Waals surface area contributed by atoms with E-state index in [1.54, 1.807) is 0 Å². The summed E-state index contributed by atoms with van der Waals surface area (Å²) in [6, 6.07) is 24.4. The highest BCUT2D eigenvalue weighted by Gasteiger charge is 2.36. The Morgan fingerprint density at radius 3 is 2.42 bits per heavy atom. The molecule has 0 fully saturated rings. The van der Waals surface area contributed by atoms with Gasteiger partial charge in [0.15, 0.2) is 0 Å². The number of hydrogen-bond donors (Lipinski definition) is 1. The molecular weight excluding hydrogens is 320 g/mol. The van der Waals surface area contributed by atoms with Crippen molar-refractivity contribution in [2.45, 2.75) is 26.6 Å². The Balaban J connectivity index is 1.71. The Bertz CT molecular complexity index is 949. The fraction of sp³-hybridized carbons (Fsp3) is 0.174. The molecule has 1 aliphatic heterocycles. The second-order valence-corrected chi connectivity index (χ2v) is 6.87. The highest BCUT2D eigenvalue weighted by molar-refractivity contribution is 5.99. The number of amides is 1. The van der Waals surface area contributed by atoms with Crippen LogP contribution in [-0.4, -0.2) is 10.8 Å². The predicted molar refractivity (Wildman–Crippen MR) is 105 cm³/mol. The van der Waals surface area contributed by atoms with Gasteiger partial charge in [-0.05, 0) is 37.1 Å². The molecule has 1 amide bonds. The summed E-state index contributed by atoms with van der Waals surface area (Å²) in [6.07, 6.45) is -0.166. The van der Waals surface area contributed by atoms with E-state index in [1.165, 1.54) is 11.1 Å². The summed E-state index contributed by atoms with van der Waals surface area (Å²) in [4.78, 5) is 14.9. The Kier molecular flexibility index (Phi) is 4.21. The van der Waals surface area contributed by atoms with Crippen LogP contribution in [0.2, 0.25) is 0 Å². The van der Waals surface area contributed by atoms with E-state index in [0.717, 1.165) is 22.4 Å². The van der Waals surface area contributed by atoms with E-state index in [-0.39, 0.29) is 12.1 Å². The molecular formula is C23H22N2O. The summed E-state index contributed by atoms with van der Waals surface area (Å²) >= 11 is 0. The van der Waals surface area contributed by atoms with Gasteiger partial charge in [-0.3, -0.25) is 4.79 Å². The van der Waals surface area contributed by atoms with Crippen LogP contribution < -0.4 is 5.32 Å². The number of nitrogens with one attached hydrogen (secondary N) is 1. The first kappa shape index (κ1) is 16.4. The smallest absolute Gasteiger partial charge is 0.256 e. The zero-order chi connectivity index (χ0) is 18.1. The van der Waals surface area contributed by atoms with Crippen molar-refractivity contribution in [3.63, 3.8) is 0 Å². The number of nitrogens with zero attached hydrogens (tertiary/aromatic N) is 1. The minimum Gasteiger partial charge on any atom is -0.361 e. The lowest BCUT2D eigenvalue weighted by atomic mass is 10.1. The van der Waals surface area contributed by atoms with Crippen LogP contribution in [0.25, 0.3) is 0 Å². The highest BCUT2D eigenvalue weighted by Crippen LogP contribution is 2.36. The molecule has 3 aromatic carbocycles. The molecule has 1 heterocycles. The molecule has 130 valence electrons. The third-order valence-electron chi connectivity index (χ3n) is 4.93. The molecule has 0 saturated carbocycles. The SMILES string of the molecule is Cc1ccc(N[C@@H]2c3ccccc3C(=O)N2Cc2ccccc2)c(C)c1. The quantitative estimate of drug-likeness (QED) is 0.718. The largest absolute Gasteiger partial charge is 0.361 e. The number of benzene rings is 3. The van der Waals surface area contributed by atoms with Crippen LogP contribution >= 0.6 is 0 Å². The van der Waals surface area contributed by atoms with Gasteiger partial charge < -0.3 is 10.2 Å². The molecule has 0 aromatic heterocycles. The van der Waals surface area contributed by atoms with Gasteiger partial charge in [-0.25, -0.2) is 0 Å². The summed E-state index contributed by atoms with van der Waals surface area (Å²) in [7, 11) is 0. The van der Waals surface area contributed by atoms with Crippen LogP contribution in [0.5, 0.6) is 0 Å². The zero-order valence-corrected chi connectivity index (χ0v) is 15.1. The number of carbonyl (C=O) groups excluding carboxylic acids is 1. The molecule has 0 spiro atoms. The molecule has 0 bridgehead atoms. The van der Waals surface area contributed by atoms with Crippen molar-refractivity contribution in [3.05, 3.63) is 101 Å². The minimum absolute atomic E-state index is 0.0757. The second kappa shape index (κ2) is 6.68. The van der Waals surface area contributed by atoms with E-state index in [4.69, 9.17) is 0 Å². The zero-order valence-electron chi connectivity index (χ0n) is 15.1. The molecule has 3 heteroatoms. The van der Waals surface area contributed by atoms with E-state index >= 15 is 0 Å². The number of carbonyl (C=O) groups is 1. The molecule has 0 radical (unpaired) electrons. The summed E-state index contributed by atoms with van der Waals surface area (Å²) in [5.74, 6) is 0.0757. The van der Waals surface area contributed by atoms with Gasteiger partial charge in [0.2, 0.25) is 0 Å². The van der Waals surface area contributed by atoms with Crippen molar-refractivity contribution in [1.29, 1.82) is 0 Å². The van der Waals surface area contributed by atoms with E-state index < -0.39 is 0 Å². The molecule has 4 rings (SSSR count). The average Bonchev–Trinajstić information content (AvgIpc) is 2.91. The van der Waals surface area contributed by atoms with Crippen molar-refractivity contribution >= 4 is 11.6 Å². The van der Waals surface area contributed by atoms with Crippen LogP contribution in [-0.2, 0) is 6.54 Å². The van der Waals surface area contributed by atoms with Crippen LogP contribution in [0.1, 0.15) is 38.8 Å². The number of hydrogen-bond acceptors (Lipinski definition) is 2. The molecule has 1 N–H and O–H groups in total. The summed E-state index contributed by atoms with van der Waals surface area (Å²) in [5, 5.41) is 3.60. The fourth-order valence-electron chi connectivity index (χ4n) is 3.59. The third-order valence-corrected chi connectivity index (χ3v) is 4.93. The van der Waals surface area contributed by atoms with Crippen molar-refractivity contribution < 1.29 is 4.79 Å². The van der Waals surface area contributed by atoms with Gasteiger partial charge in [0.25, 0.3) is 5.91 Å². The van der Waals surface area contributed by atoms with Crippen molar-refractivity contribution in [3.8, 4) is 0 Å². The van der Waals surface area contributed by atoms with Gasteiger partial charge in [-0.15, -0.1) is 0 Å². The Labute approximate surface area is 154 Å². The molecule has 0 aliphatic carbocycles. The monoisotopic (exact) mass is 342 g/mol. The number of fused-ring (bicyclic) bond motifs is 1. The summed E-state index contributed by atoms with van der Waals surface area (Å²) in [5.41, 5.74) is 6.42. The lowest BCUT2D eigenvalue weighted by Crippen LogP contribution is -2.32. The first-order chi connectivity index (χ1) is 12.6. The molecule has 0 saturated heterocycles. The molecule has 3 aromatic rings. The van der Waals surface area contributed by atoms with E-state index in [1.807, 2.05) is 47.4 Å². The number of aryl methyl sites for hydroxylation is 2. The van der Waals surface area contributed by atoms with Crippen LogP contribution in [0.3, 0.4) is 0 Å². The van der Waals surface area contributed by atoms with Crippen molar-refractivity contribution in [1.82, 2.24) is 4.90 Å². The molecule has 0 unspecified atom stereocenters. The van der Waals surface area contributed by atoms with Gasteiger partial charge in [-0.2, -0.15) is 0 Å². The number of rotatable bonds is 4. The van der Waals surface area contributed by atoms with Crippen LogP contribution in [0.4, 0.5) is 5.69 Å². The summed E-state index contributed by atoms with van der Waals surface area (Å²) in [6.45, 7) is 4.77. The Morgan fingerprint density at radius 1 is 0.923 bits per heavy atom. The van der Waals surface area contributed by atoms with Gasteiger partial charge in [0.05, 0.1) is 0 Å². The van der Waals surface area contributed by atoms with Crippen LogP contribution in [0.15, 0.2) is 72.8 Å². The fourth-order valence-corrected chi connectivity index (χ4v) is 3.59. The normalized spacial score (nSPS) is 15.8. The molecule has 1 aliphatic rings. The lowest BCUT2D eigenvalue weighted by Gasteiger charge is -2.28. The number of anilines is 1. The van der Waals surface area contributed by atoms with Gasteiger partial charge in [-0.1, -0.05) is 66.2 Å². The maximum atomic E-state index is 13.0. The van der Waals surface area contributed by atoms with Gasteiger partial charge in [0.1, 0.15) is 6.17 Å². The van der Waals surface area contributed by atoms with Crippen LogP contribution in [0, 0.1) is 13.8 Å². The maximum absolute atomic E-state index is 13.0. The van der Waals surface area contributed by atoms with Crippen molar-refractivity contribution in [2.75, 3.05) is 5.32 Å². The van der Waals surface area contributed by atoms with Gasteiger partial charge >= 0.3 is 0 Å². The van der Waals surface area contributed by atoms with E-state index in [0.29, 0.717) is 6.54 Å². The average molecular weight is 342 g/mol. The standard InChI is InChI=1S/C23H22N2O/c1-16-12-13-21(17(2)14-16)24-22-19-10-6-7-11-20(19)23(26)25(22)15-18-8-4-3-5-9-18/h3-14,22,24H,15H2,1-2H3/t22-/m0/s1. The molecule has 26 heavy (non-hydrogen) atoms. The Morgan fingerprint density at radius 2 is 1.65 bits per heavy atom. The topological polar surface area (TPSA) is 32.3 Å². The lowest BCUT2D eigenvalue weighted by molar-refractivity contribution is 0.0728. The second-order valence-electron chi connectivity index (χ2n) is 6.87. The minimum atomic E-state index is -0.166.